The summed E-state index contributed by atoms with van der Waals surface area (Å²) in [5.74, 6) is 2.78. The second-order valence-corrected chi connectivity index (χ2v) is 8.51. The number of rotatable bonds is 5. The highest BCUT2D eigenvalue weighted by molar-refractivity contribution is 5.58. The Balaban J connectivity index is 1.13. The van der Waals surface area contributed by atoms with E-state index in [-0.39, 0.29) is 0 Å². The summed E-state index contributed by atoms with van der Waals surface area (Å²) in [6.45, 7) is 5.23. The Hall–Kier alpha value is -2.26. The van der Waals surface area contributed by atoms with Gasteiger partial charge in [0.05, 0.1) is 5.69 Å². The number of likely N-dealkylation sites (tertiary alicyclic amines) is 1. The second kappa shape index (κ2) is 7.77. The number of alkyl halides is 3. The first-order chi connectivity index (χ1) is 14.5. The van der Waals surface area contributed by atoms with Gasteiger partial charge in [0.2, 0.25) is 0 Å². The molecule has 6 nitrogen and oxygen atoms in total. The van der Waals surface area contributed by atoms with Gasteiger partial charge >= 0.3 is 6.18 Å². The van der Waals surface area contributed by atoms with Crippen molar-refractivity contribution in [2.24, 2.45) is 17.8 Å². The maximum Gasteiger partial charge on any atom is 0.433 e. The number of hydrogen-bond donors (Lipinski definition) is 1. The summed E-state index contributed by atoms with van der Waals surface area (Å²) >= 11 is 0. The molecule has 30 heavy (non-hydrogen) atoms. The number of piperidine rings is 1. The zero-order valence-electron chi connectivity index (χ0n) is 16.5. The van der Waals surface area contributed by atoms with Gasteiger partial charge in [0.25, 0.3) is 0 Å². The number of aromatic nitrogens is 3. The molecule has 0 radical (unpaired) electrons. The molecule has 1 aliphatic carbocycles. The van der Waals surface area contributed by atoms with Crippen molar-refractivity contribution in [3.05, 3.63) is 36.2 Å². The topological polar surface area (TPSA) is 63.2 Å². The van der Waals surface area contributed by atoms with Gasteiger partial charge in [-0.1, -0.05) is 0 Å². The van der Waals surface area contributed by atoms with Gasteiger partial charge in [-0.3, -0.25) is 4.98 Å². The largest absolute Gasteiger partial charge is 0.433 e. The molecule has 0 spiro atoms. The molecule has 1 N–H and O–H groups in total. The molecule has 3 atom stereocenters. The molecule has 0 amide bonds. The van der Waals surface area contributed by atoms with Crippen molar-refractivity contribution in [1.29, 1.82) is 0 Å². The number of anilines is 1. The van der Waals surface area contributed by atoms with Gasteiger partial charge in [0.1, 0.15) is 11.5 Å². The molecular weight excluding hydrogens is 395 g/mol. The smallest absolute Gasteiger partial charge is 0.381 e. The van der Waals surface area contributed by atoms with Crippen LogP contribution in [0.5, 0.6) is 0 Å². The lowest BCUT2D eigenvalue weighted by Gasteiger charge is -2.28. The minimum absolute atomic E-state index is 0.434. The Labute approximate surface area is 172 Å². The maximum atomic E-state index is 12.6. The first-order valence-electron chi connectivity index (χ1n) is 10.4. The summed E-state index contributed by atoms with van der Waals surface area (Å²) in [7, 11) is 0. The van der Waals surface area contributed by atoms with E-state index in [0.29, 0.717) is 35.0 Å². The number of fused-ring (bicyclic) bond motifs is 1. The lowest BCUT2D eigenvalue weighted by atomic mass is 10.00. The van der Waals surface area contributed by atoms with Crippen molar-refractivity contribution in [3.63, 3.8) is 0 Å². The third kappa shape index (κ3) is 4.13. The van der Waals surface area contributed by atoms with Crippen molar-refractivity contribution in [3.8, 4) is 11.3 Å². The van der Waals surface area contributed by atoms with Crippen LogP contribution in [0.15, 0.2) is 30.5 Å². The molecule has 2 aliphatic heterocycles. The molecule has 1 unspecified atom stereocenters. The van der Waals surface area contributed by atoms with E-state index < -0.39 is 11.9 Å². The predicted molar refractivity (Wildman–Crippen MR) is 105 cm³/mol. The first kappa shape index (κ1) is 19.7. The molecule has 1 saturated carbocycles. The predicted octanol–water partition coefficient (Wildman–Crippen LogP) is 3.33. The summed E-state index contributed by atoms with van der Waals surface area (Å²) in [4.78, 5) is 6.05. The van der Waals surface area contributed by atoms with Crippen LogP contribution in [0.4, 0.5) is 19.0 Å². The molecule has 2 saturated heterocycles. The average Bonchev–Trinajstić information content (AvgIpc) is 3.18. The lowest BCUT2D eigenvalue weighted by molar-refractivity contribution is -0.141. The molecular formula is C21H24F3N5O. The fourth-order valence-electron chi connectivity index (χ4n) is 4.72. The maximum absolute atomic E-state index is 12.6. The van der Waals surface area contributed by atoms with E-state index in [2.05, 4.69) is 25.4 Å². The number of ether oxygens (including phenoxy) is 1. The van der Waals surface area contributed by atoms with Crippen LogP contribution >= 0.6 is 0 Å². The van der Waals surface area contributed by atoms with Gasteiger partial charge in [0.15, 0.2) is 0 Å². The van der Waals surface area contributed by atoms with Gasteiger partial charge in [-0.15, -0.1) is 10.2 Å². The number of halogens is 3. The molecule has 2 aromatic rings. The van der Waals surface area contributed by atoms with Crippen molar-refractivity contribution in [2.45, 2.75) is 25.1 Å². The molecule has 4 heterocycles. The third-order valence-electron chi connectivity index (χ3n) is 6.46. The van der Waals surface area contributed by atoms with Crippen LogP contribution in [0.1, 0.15) is 18.5 Å². The van der Waals surface area contributed by atoms with Crippen LogP contribution in [0, 0.1) is 17.8 Å². The summed E-state index contributed by atoms with van der Waals surface area (Å²) < 4.78 is 43.3. The Morgan fingerprint density at radius 3 is 2.40 bits per heavy atom. The minimum Gasteiger partial charge on any atom is -0.381 e. The van der Waals surface area contributed by atoms with Gasteiger partial charge in [-0.2, -0.15) is 13.2 Å². The Kier molecular flexibility index (Phi) is 5.10. The van der Waals surface area contributed by atoms with Crippen molar-refractivity contribution in [2.75, 3.05) is 38.2 Å². The van der Waals surface area contributed by atoms with Crippen LogP contribution < -0.4 is 5.32 Å². The molecule has 0 aromatic carbocycles. The van der Waals surface area contributed by atoms with Gasteiger partial charge < -0.3 is 15.0 Å². The molecule has 5 rings (SSSR count). The summed E-state index contributed by atoms with van der Waals surface area (Å²) in [5.41, 5.74) is 0.0955. The van der Waals surface area contributed by atoms with Crippen LogP contribution in [-0.2, 0) is 10.9 Å². The fourth-order valence-corrected chi connectivity index (χ4v) is 4.72. The van der Waals surface area contributed by atoms with E-state index in [1.807, 2.05) is 6.07 Å². The van der Waals surface area contributed by atoms with Crippen LogP contribution in [0.2, 0.25) is 0 Å². The summed E-state index contributed by atoms with van der Waals surface area (Å²) in [6.07, 6.45) is -0.924. The number of pyridine rings is 1. The average molecular weight is 419 g/mol. The summed E-state index contributed by atoms with van der Waals surface area (Å²) in [6, 6.07) is 6.35. The molecule has 2 aromatic heterocycles. The Morgan fingerprint density at radius 1 is 1.03 bits per heavy atom. The van der Waals surface area contributed by atoms with E-state index in [1.165, 1.54) is 31.6 Å². The number of nitrogens with zero attached hydrogens (tertiary/aromatic N) is 4. The van der Waals surface area contributed by atoms with E-state index >= 15 is 0 Å². The normalized spacial score (nSPS) is 27.1. The second-order valence-electron chi connectivity index (χ2n) is 8.51. The molecule has 160 valence electrons. The third-order valence-corrected chi connectivity index (χ3v) is 6.46. The lowest BCUT2D eigenvalue weighted by Crippen LogP contribution is -2.34. The van der Waals surface area contributed by atoms with Crippen molar-refractivity contribution >= 4 is 5.82 Å². The van der Waals surface area contributed by atoms with Gasteiger partial charge in [0, 0.05) is 50.7 Å². The highest BCUT2D eigenvalue weighted by Gasteiger charge is 2.55. The SMILES string of the molecule is FC(F)(F)c1ccc(-c2ccc(NC3[C@H]4CN(CC5CCOCC5)C[C@@H]34)nn2)cn1. The Morgan fingerprint density at radius 2 is 1.80 bits per heavy atom. The zero-order chi connectivity index (χ0) is 20.7. The quantitative estimate of drug-likeness (QED) is 0.802. The highest BCUT2D eigenvalue weighted by atomic mass is 19.4. The fraction of sp³-hybridized carbons (Fsp3) is 0.571. The van der Waals surface area contributed by atoms with Crippen LogP contribution in [-0.4, -0.2) is 59.0 Å². The Bertz CT molecular complexity index is 856. The van der Waals surface area contributed by atoms with Gasteiger partial charge in [-0.05, 0) is 54.9 Å². The minimum atomic E-state index is -4.44. The monoisotopic (exact) mass is 419 g/mol. The molecule has 3 aliphatic rings. The van der Waals surface area contributed by atoms with Crippen LogP contribution in [0.25, 0.3) is 11.3 Å². The number of nitrogens with one attached hydrogen (secondary N) is 1. The van der Waals surface area contributed by atoms with E-state index in [9.17, 15) is 13.2 Å². The van der Waals surface area contributed by atoms with E-state index in [0.717, 1.165) is 38.3 Å². The molecule has 3 fully saturated rings. The van der Waals surface area contributed by atoms with E-state index in [4.69, 9.17) is 4.74 Å². The van der Waals surface area contributed by atoms with Crippen molar-refractivity contribution in [1.82, 2.24) is 20.1 Å². The van der Waals surface area contributed by atoms with Gasteiger partial charge in [-0.25, -0.2) is 0 Å². The summed E-state index contributed by atoms with van der Waals surface area (Å²) in [5, 5.41) is 11.8. The zero-order valence-corrected chi connectivity index (χ0v) is 16.5. The molecule has 9 heteroatoms. The molecule has 0 bridgehead atoms. The standard InChI is InChI=1S/C21H24F3N5O/c22-21(23,24)18-3-1-14(9-25-18)17-2-4-19(28-27-17)26-20-15-11-29(12-16(15)20)10-13-5-7-30-8-6-13/h1-4,9,13,15-16,20H,5-8,10-12H2,(H,26,28)/t15-,16+,20?. The first-order valence-corrected chi connectivity index (χ1v) is 10.4. The van der Waals surface area contributed by atoms with E-state index in [1.54, 1.807) is 6.07 Å². The highest BCUT2D eigenvalue weighted by Crippen LogP contribution is 2.47. The van der Waals surface area contributed by atoms with Crippen molar-refractivity contribution < 1.29 is 17.9 Å². The number of hydrogen-bond acceptors (Lipinski definition) is 6. The van der Waals surface area contributed by atoms with Crippen LogP contribution in [0.3, 0.4) is 0 Å².